The molecule has 7 heteroatoms. The number of carbonyl (C=O) groups is 1. The zero-order chi connectivity index (χ0) is 18.9. The minimum atomic E-state index is -3.60. The third kappa shape index (κ3) is 3.37. The number of ether oxygens (including phenoxy) is 1. The molecule has 136 valence electrons. The molecule has 0 saturated carbocycles. The van der Waals surface area contributed by atoms with Crippen molar-refractivity contribution in [3.05, 3.63) is 84.4 Å². The summed E-state index contributed by atoms with van der Waals surface area (Å²) in [7, 11) is -3.60. The molecule has 1 heterocycles. The smallest absolute Gasteiger partial charge is 0.410 e. The lowest BCUT2D eigenvalue weighted by Gasteiger charge is -2.18. The predicted octanol–water partition coefficient (Wildman–Crippen LogP) is 4.01. The molecule has 3 aromatic carbocycles. The van der Waals surface area contributed by atoms with Crippen LogP contribution in [0.25, 0.3) is 0 Å². The number of rotatable bonds is 3. The van der Waals surface area contributed by atoms with Gasteiger partial charge in [-0.15, -0.1) is 0 Å². The second-order valence-electron chi connectivity index (χ2n) is 6.00. The maximum absolute atomic E-state index is 12.8. The van der Waals surface area contributed by atoms with E-state index in [0.29, 0.717) is 22.0 Å². The minimum Gasteiger partial charge on any atom is -0.410 e. The maximum Gasteiger partial charge on any atom is 0.417 e. The van der Waals surface area contributed by atoms with E-state index < -0.39 is 16.1 Å². The maximum atomic E-state index is 12.8. The van der Waals surface area contributed by atoms with Gasteiger partial charge in [-0.05, 0) is 42.0 Å². The molecule has 0 aliphatic carbocycles. The first-order valence-electron chi connectivity index (χ1n) is 8.29. The van der Waals surface area contributed by atoms with Crippen molar-refractivity contribution in [2.45, 2.75) is 11.4 Å². The Hall–Kier alpha value is -3.32. The molecule has 0 saturated heterocycles. The van der Waals surface area contributed by atoms with Crippen LogP contribution in [0.1, 0.15) is 5.56 Å². The van der Waals surface area contributed by atoms with E-state index in [2.05, 4.69) is 5.32 Å². The fourth-order valence-electron chi connectivity index (χ4n) is 2.95. The number of hydrogen-bond donors (Lipinski definition) is 1. The van der Waals surface area contributed by atoms with Gasteiger partial charge in [0.2, 0.25) is 0 Å². The average Bonchev–Trinajstić information content (AvgIpc) is 2.94. The van der Waals surface area contributed by atoms with Crippen LogP contribution in [-0.4, -0.2) is 14.5 Å². The van der Waals surface area contributed by atoms with Crippen molar-refractivity contribution >= 4 is 27.5 Å². The molecule has 1 aliphatic heterocycles. The zero-order valence-corrected chi connectivity index (χ0v) is 15.0. The fraction of sp³-hybridized carbons (Fsp3) is 0.0500. The number of amides is 1. The molecule has 0 fully saturated rings. The number of nitrogens with zero attached hydrogens (tertiary/aromatic N) is 1. The monoisotopic (exact) mass is 380 g/mol. The fourth-order valence-corrected chi connectivity index (χ4v) is 4.60. The molecule has 0 atom stereocenters. The van der Waals surface area contributed by atoms with Crippen molar-refractivity contribution in [1.82, 2.24) is 0 Å². The molecule has 6 nitrogen and oxygen atoms in total. The first kappa shape index (κ1) is 17.1. The standard InChI is InChI=1S/C20H16N2O4S/c23-20(26-18-10-2-1-3-11-18)21-16-8-6-9-17(13-16)22-14-15-7-4-5-12-19(15)27(22,24)25/h1-13H,14H2,(H,21,23). The Morgan fingerprint density at radius 2 is 1.67 bits per heavy atom. The number of nitrogens with one attached hydrogen (secondary N) is 1. The molecule has 0 unspecified atom stereocenters. The Bertz CT molecular complexity index is 1100. The van der Waals surface area contributed by atoms with Gasteiger partial charge in [-0.1, -0.05) is 42.5 Å². The quantitative estimate of drug-likeness (QED) is 0.745. The van der Waals surface area contributed by atoms with Crippen LogP contribution in [0.2, 0.25) is 0 Å². The summed E-state index contributed by atoms with van der Waals surface area (Å²) in [5.41, 5.74) is 1.67. The third-order valence-corrected chi connectivity index (χ3v) is 6.06. The van der Waals surface area contributed by atoms with E-state index in [0.717, 1.165) is 5.56 Å². The first-order chi connectivity index (χ1) is 13.0. The highest BCUT2D eigenvalue weighted by atomic mass is 32.2. The molecule has 1 aliphatic rings. The summed E-state index contributed by atoms with van der Waals surface area (Å²) in [6.45, 7) is 0.260. The summed E-state index contributed by atoms with van der Waals surface area (Å²) in [5.74, 6) is 0.420. The van der Waals surface area contributed by atoms with E-state index >= 15 is 0 Å². The Kier molecular flexibility index (Phi) is 4.29. The molecular formula is C20H16N2O4S. The molecule has 27 heavy (non-hydrogen) atoms. The molecule has 0 spiro atoms. The van der Waals surface area contributed by atoms with Gasteiger partial charge in [0.05, 0.1) is 17.1 Å². The summed E-state index contributed by atoms with van der Waals surface area (Å²) >= 11 is 0. The second-order valence-corrected chi connectivity index (χ2v) is 7.83. The average molecular weight is 380 g/mol. The molecule has 0 bridgehead atoms. The Morgan fingerprint density at radius 3 is 2.44 bits per heavy atom. The number of hydrogen-bond acceptors (Lipinski definition) is 4. The molecule has 1 amide bonds. The van der Waals surface area contributed by atoms with E-state index in [1.165, 1.54) is 4.31 Å². The lowest BCUT2D eigenvalue weighted by molar-refractivity contribution is 0.215. The summed E-state index contributed by atoms with van der Waals surface area (Å²) < 4.78 is 32.1. The summed E-state index contributed by atoms with van der Waals surface area (Å²) in [6, 6.07) is 22.3. The van der Waals surface area contributed by atoms with Crippen molar-refractivity contribution in [2.75, 3.05) is 9.62 Å². The van der Waals surface area contributed by atoms with Gasteiger partial charge in [-0.25, -0.2) is 13.2 Å². The van der Waals surface area contributed by atoms with Crippen molar-refractivity contribution < 1.29 is 17.9 Å². The van der Waals surface area contributed by atoms with Crippen LogP contribution < -0.4 is 14.4 Å². The van der Waals surface area contributed by atoms with Gasteiger partial charge in [-0.2, -0.15) is 0 Å². The Morgan fingerprint density at radius 1 is 0.926 bits per heavy atom. The van der Waals surface area contributed by atoms with E-state index in [1.54, 1.807) is 66.7 Å². The van der Waals surface area contributed by atoms with Gasteiger partial charge in [0.1, 0.15) is 5.75 Å². The van der Waals surface area contributed by atoms with Gasteiger partial charge in [-0.3, -0.25) is 9.62 Å². The second kappa shape index (κ2) is 6.77. The number of fused-ring (bicyclic) bond motifs is 1. The van der Waals surface area contributed by atoms with Crippen molar-refractivity contribution in [2.24, 2.45) is 0 Å². The molecule has 3 aromatic rings. The Labute approximate surface area is 157 Å². The largest absolute Gasteiger partial charge is 0.417 e. The van der Waals surface area contributed by atoms with Gasteiger partial charge in [0.25, 0.3) is 10.0 Å². The minimum absolute atomic E-state index is 0.260. The van der Waals surface area contributed by atoms with Crippen LogP contribution in [0.3, 0.4) is 0 Å². The van der Waals surface area contributed by atoms with Crippen molar-refractivity contribution in [1.29, 1.82) is 0 Å². The summed E-state index contributed by atoms with van der Waals surface area (Å²) in [4.78, 5) is 12.4. The highest BCUT2D eigenvalue weighted by molar-refractivity contribution is 7.93. The van der Waals surface area contributed by atoms with Gasteiger partial charge in [0, 0.05) is 5.69 Å². The van der Waals surface area contributed by atoms with Gasteiger partial charge >= 0.3 is 6.09 Å². The molecule has 1 N–H and O–H groups in total. The number of para-hydroxylation sites is 1. The zero-order valence-electron chi connectivity index (χ0n) is 14.2. The Balaban J connectivity index is 1.54. The van der Waals surface area contributed by atoms with Crippen molar-refractivity contribution in [3.63, 3.8) is 0 Å². The van der Waals surface area contributed by atoms with Crippen LogP contribution in [0.5, 0.6) is 5.75 Å². The predicted molar refractivity (Wildman–Crippen MR) is 102 cm³/mol. The van der Waals surface area contributed by atoms with Crippen LogP contribution in [0.15, 0.2) is 83.8 Å². The number of anilines is 2. The van der Waals surface area contributed by atoms with Crippen LogP contribution in [0.4, 0.5) is 16.2 Å². The van der Waals surface area contributed by atoms with Gasteiger partial charge < -0.3 is 4.74 Å². The third-order valence-electron chi connectivity index (χ3n) is 4.19. The van der Waals surface area contributed by atoms with E-state index in [4.69, 9.17) is 4.74 Å². The first-order valence-corrected chi connectivity index (χ1v) is 9.73. The number of benzene rings is 3. The lowest BCUT2D eigenvalue weighted by atomic mass is 10.2. The lowest BCUT2D eigenvalue weighted by Crippen LogP contribution is -2.24. The van der Waals surface area contributed by atoms with Crippen LogP contribution in [0, 0.1) is 0 Å². The highest BCUT2D eigenvalue weighted by Crippen LogP contribution is 2.35. The molecule has 0 aromatic heterocycles. The SMILES string of the molecule is O=C(Nc1cccc(N2Cc3ccccc3S2(=O)=O)c1)Oc1ccccc1. The van der Waals surface area contributed by atoms with E-state index in [9.17, 15) is 13.2 Å². The molecular weight excluding hydrogens is 364 g/mol. The molecule has 0 radical (unpaired) electrons. The van der Waals surface area contributed by atoms with Gasteiger partial charge in [0.15, 0.2) is 0 Å². The number of sulfonamides is 1. The van der Waals surface area contributed by atoms with Crippen molar-refractivity contribution in [3.8, 4) is 5.75 Å². The normalized spacial score (nSPS) is 14.4. The van der Waals surface area contributed by atoms with Crippen LogP contribution >= 0.6 is 0 Å². The van der Waals surface area contributed by atoms with Crippen LogP contribution in [-0.2, 0) is 16.6 Å². The highest BCUT2D eigenvalue weighted by Gasteiger charge is 2.34. The summed E-state index contributed by atoms with van der Waals surface area (Å²) in [5, 5.41) is 2.62. The number of carbonyl (C=O) groups excluding carboxylic acids is 1. The summed E-state index contributed by atoms with van der Waals surface area (Å²) in [6.07, 6.45) is -0.647. The molecule has 4 rings (SSSR count). The topological polar surface area (TPSA) is 75.7 Å². The van der Waals surface area contributed by atoms with E-state index in [-0.39, 0.29) is 6.54 Å². The van der Waals surface area contributed by atoms with E-state index in [1.807, 2.05) is 12.1 Å².